The van der Waals surface area contributed by atoms with Gasteiger partial charge >= 0.3 is 10.1 Å². The Hall–Kier alpha value is -3.41. The maximum Gasteiger partial charge on any atom is 0.339 e. The molecule has 0 spiro atoms. The van der Waals surface area contributed by atoms with Crippen molar-refractivity contribution in [2.75, 3.05) is 0 Å². The third kappa shape index (κ3) is 6.06. The SMILES string of the molecule is Cc1ccc(S(=O)(=O)Oc2ccc(Br)cc2/C=C(\C#N)C(=O)NCc2ccccc2)cc1. The van der Waals surface area contributed by atoms with Crippen LogP contribution in [0.5, 0.6) is 5.75 Å². The predicted octanol–water partition coefficient (Wildman–Crippen LogP) is 4.75. The number of halogens is 1. The van der Waals surface area contributed by atoms with Crippen molar-refractivity contribution >= 4 is 38.0 Å². The Bertz CT molecular complexity index is 1300. The first-order valence-electron chi connectivity index (χ1n) is 9.53. The third-order valence-corrected chi connectivity index (χ3v) is 6.18. The lowest BCUT2D eigenvalue weighted by Crippen LogP contribution is -2.23. The number of amides is 1. The van der Waals surface area contributed by atoms with Gasteiger partial charge in [0.2, 0.25) is 0 Å². The Labute approximate surface area is 195 Å². The minimum Gasteiger partial charge on any atom is -0.378 e. The van der Waals surface area contributed by atoms with Crippen LogP contribution < -0.4 is 9.50 Å². The van der Waals surface area contributed by atoms with E-state index in [0.717, 1.165) is 11.1 Å². The molecule has 3 aromatic rings. The van der Waals surface area contributed by atoms with E-state index in [-0.39, 0.29) is 28.3 Å². The monoisotopic (exact) mass is 510 g/mol. The summed E-state index contributed by atoms with van der Waals surface area (Å²) in [7, 11) is -4.10. The van der Waals surface area contributed by atoms with Crippen molar-refractivity contribution in [3.05, 3.63) is 99.5 Å². The minimum absolute atomic E-state index is 0.00191. The summed E-state index contributed by atoms with van der Waals surface area (Å²) >= 11 is 3.32. The van der Waals surface area contributed by atoms with Crippen LogP contribution in [0.15, 0.2) is 87.7 Å². The van der Waals surface area contributed by atoms with E-state index in [9.17, 15) is 18.5 Å². The number of nitrogens with one attached hydrogen (secondary N) is 1. The first-order valence-corrected chi connectivity index (χ1v) is 11.7. The second kappa shape index (κ2) is 10.3. The molecule has 8 heteroatoms. The number of hydrogen-bond acceptors (Lipinski definition) is 5. The van der Waals surface area contributed by atoms with E-state index in [1.165, 1.54) is 24.3 Å². The van der Waals surface area contributed by atoms with Crippen LogP contribution in [0.3, 0.4) is 0 Å². The molecule has 32 heavy (non-hydrogen) atoms. The van der Waals surface area contributed by atoms with Crippen molar-refractivity contribution in [3.63, 3.8) is 0 Å². The summed E-state index contributed by atoms with van der Waals surface area (Å²) in [5.74, 6) is -0.582. The van der Waals surface area contributed by atoms with E-state index >= 15 is 0 Å². The zero-order valence-corrected chi connectivity index (χ0v) is 19.5. The van der Waals surface area contributed by atoms with E-state index in [1.807, 2.05) is 43.3 Å². The molecular formula is C24H19BrN2O4S. The highest BCUT2D eigenvalue weighted by Gasteiger charge is 2.19. The van der Waals surface area contributed by atoms with Gasteiger partial charge in [-0.05, 0) is 48.9 Å². The van der Waals surface area contributed by atoms with Gasteiger partial charge in [0.05, 0.1) is 0 Å². The van der Waals surface area contributed by atoms with Gasteiger partial charge in [0, 0.05) is 16.6 Å². The molecule has 0 fully saturated rings. The smallest absolute Gasteiger partial charge is 0.339 e. The summed E-state index contributed by atoms with van der Waals surface area (Å²) in [4.78, 5) is 12.5. The Morgan fingerprint density at radius 3 is 2.44 bits per heavy atom. The Kier molecular flexibility index (Phi) is 7.46. The van der Waals surface area contributed by atoms with Gasteiger partial charge in [-0.1, -0.05) is 64.0 Å². The molecule has 0 aliphatic carbocycles. The fourth-order valence-electron chi connectivity index (χ4n) is 2.76. The number of benzene rings is 3. The Balaban J connectivity index is 1.87. The average Bonchev–Trinajstić information content (AvgIpc) is 2.78. The molecule has 3 rings (SSSR count). The normalized spacial score (nSPS) is 11.5. The van der Waals surface area contributed by atoms with Crippen LogP contribution in [-0.4, -0.2) is 14.3 Å². The number of carbonyl (C=O) groups is 1. The highest BCUT2D eigenvalue weighted by Crippen LogP contribution is 2.28. The molecule has 1 amide bonds. The largest absolute Gasteiger partial charge is 0.378 e. The molecule has 0 atom stereocenters. The van der Waals surface area contributed by atoms with Crippen molar-refractivity contribution in [3.8, 4) is 11.8 Å². The lowest BCUT2D eigenvalue weighted by molar-refractivity contribution is -0.117. The van der Waals surface area contributed by atoms with Crippen LogP contribution in [0.1, 0.15) is 16.7 Å². The van der Waals surface area contributed by atoms with Crippen LogP contribution in [-0.2, 0) is 21.5 Å². The number of nitriles is 1. The number of rotatable bonds is 7. The highest BCUT2D eigenvalue weighted by atomic mass is 79.9. The molecule has 0 aliphatic rings. The van der Waals surface area contributed by atoms with Crippen LogP contribution in [0, 0.1) is 18.3 Å². The van der Waals surface area contributed by atoms with E-state index in [0.29, 0.717) is 4.47 Å². The van der Waals surface area contributed by atoms with Crippen LogP contribution >= 0.6 is 15.9 Å². The molecule has 0 aromatic heterocycles. The molecular weight excluding hydrogens is 492 g/mol. The standard InChI is InChI=1S/C24H19BrN2O4S/c1-17-7-10-22(11-8-17)32(29,30)31-23-12-9-21(25)14-19(23)13-20(15-26)24(28)27-16-18-5-3-2-4-6-18/h2-14H,16H2,1H3,(H,27,28)/b20-13+. The number of carbonyl (C=O) groups excluding carboxylic acids is 1. The number of nitrogens with zero attached hydrogens (tertiary/aromatic N) is 1. The van der Waals surface area contributed by atoms with Crippen LogP contribution in [0.25, 0.3) is 6.08 Å². The van der Waals surface area contributed by atoms with Crippen molar-refractivity contribution in [1.29, 1.82) is 5.26 Å². The molecule has 0 aliphatic heterocycles. The first-order chi connectivity index (χ1) is 15.3. The second-order valence-electron chi connectivity index (χ2n) is 6.87. The van der Waals surface area contributed by atoms with Gasteiger partial charge in [-0.3, -0.25) is 4.79 Å². The first kappa shape index (κ1) is 23.3. The summed E-state index contributed by atoms with van der Waals surface area (Å²) in [6.07, 6.45) is 1.30. The lowest BCUT2D eigenvalue weighted by Gasteiger charge is -2.11. The molecule has 3 aromatic carbocycles. The van der Waals surface area contributed by atoms with Crippen LogP contribution in [0.2, 0.25) is 0 Å². The van der Waals surface area contributed by atoms with Gasteiger partial charge in [-0.25, -0.2) is 0 Å². The van der Waals surface area contributed by atoms with Crippen molar-refractivity contribution in [1.82, 2.24) is 5.32 Å². The molecule has 0 bridgehead atoms. The van der Waals surface area contributed by atoms with Gasteiger partial charge in [0.15, 0.2) is 0 Å². The molecule has 0 radical (unpaired) electrons. The van der Waals surface area contributed by atoms with Gasteiger partial charge < -0.3 is 9.50 Å². The summed E-state index contributed by atoms with van der Waals surface area (Å²) < 4.78 is 31.4. The molecule has 0 saturated carbocycles. The topological polar surface area (TPSA) is 96.3 Å². The maximum atomic E-state index is 12.7. The van der Waals surface area contributed by atoms with E-state index in [4.69, 9.17) is 4.18 Å². The van der Waals surface area contributed by atoms with Gasteiger partial charge in [0.1, 0.15) is 22.3 Å². The Morgan fingerprint density at radius 2 is 1.78 bits per heavy atom. The van der Waals surface area contributed by atoms with Crippen molar-refractivity contribution in [2.45, 2.75) is 18.4 Å². The molecule has 0 saturated heterocycles. The molecule has 6 nitrogen and oxygen atoms in total. The second-order valence-corrected chi connectivity index (χ2v) is 9.33. The van der Waals surface area contributed by atoms with Gasteiger partial charge in [0.25, 0.3) is 5.91 Å². The van der Waals surface area contributed by atoms with E-state index in [1.54, 1.807) is 24.3 Å². The number of aryl methyl sites for hydroxylation is 1. The van der Waals surface area contributed by atoms with E-state index in [2.05, 4.69) is 21.2 Å². The zero-order chi connectivity index (χ0) is 23.1. The summed E-state index contributed by atoms with van der Waals surface area (Å²) in [6.45, 7) is 2.10. The molecule has 162 valence electrons. The summed E-state index contributed by atoms with van der Waals surface area (Å²) in [5, 5.41) is 12.2. The zero-order valence-electron chi connectivity index (χ0n) is 17.1. The number of hydrogen-bond donors (Lipinski definition) is 1. The highest BCUT2D eigenvalue weighted by molar-refractivity contribution is 9.10. The average molecular weight is 511 g/mol. The molecule has 1 N–H and O–H groups in total. The van der Waals surface area contributed by atoms with Crippen LogP contribution in [0.4, 0.5) is 0 Å². The van der Waals surface area contributed by atoms with Gasteiger partial charge in [-0.2, -0.15) is 13.7 Å². The van der Waals surface area contributed by atoms with Gasteiger partial charge in [-0.15, -0.1) is 0 Å². The van der Waals surface area contributed by atoms with E-state index < -0.39 is 16.0 Å². The lowest BCUT2D eigenvalue weighted by atomic mass is 10.1. The maximum absolute atomic E-state index is 12.7. The summed E-state index contributed by atoms with van der Waals surface area (Å²) in [6, 6.07) is 22.0. The minimum atomic E-state index is -4.10. The fourth-order valence-corrected chi connectivity index (χ4v) is 4.09. The Morgan fingerprint density at radius 1 is 1.09 bits per heavy atom. The predicted molar refractivity (Wildman–Crippen MR) is 125 cm³/mol. The van der Waals surface area contributed by atoms with Crippen molar-refractivity contribution in [2.24, 2.45) is 0 Å². The molecule has 0 unspecified atom stereocenters. The summed E-state index contributed by atoms with van der Waals surface area (Å²) in [5.41, 5.74) is 1.88. The fraction of sp³-hybridized carbons (Fsp3) is 0.0833. The third-order valence-electron chi connectivity index (χ3n) is 4.44. The quantitative estimate of drug-likeness (QED) is 0.281. The van der Waals surface area contributed by atoms with Crippen molar-refractivity contribution < 1.29 is 17.4 Å². The molecule has 0 heterocycles.